The van der Waals surface area contributed by atoms with E-state index in [-0.39, 0.29) is 36.5 Å². The zero-order valence-corrected chi connectivity index (χ0v) is 17.7. The van der Waals surface area contributed by atoms with Crippen molar-refractivity contribution in [3.05, 3.63) is 35.6 Å². The van der Waals surface area contributed by atoms with Crippen LogP contribution in [-0.2, 0) is 9.53 Å². The summed E-state index contributed by atoms with van der Waals surface area (Å²) < 4.78 is 20.0. The van der Waals surface area contributed by atoms with Gasteiger partial charge < -0.3 is 15.0 Å². The van der Waals surface area contributed by atoms with E-state index in [9.17, 15) is 9.18 Å². The molecule has 0 spiro atoms. The van der Waals surface area contributed by atoms with Gasteiger partial charge in [-0.1, -0.05) is 18.2 Å². The zero-order chi connectivity index (χ0) is 17.9. The Hall–Kier alpha value is -0.920. The number of amides is 1. The SMILES string of the molecule is Cl.Cl.O=C(C(c1ccccc1F)N1CCOCC1)N1CC[C@@H]2CNC[C@@H]2CC1. The van der Waals surface area contributed by atoms with Crippen LogP contribution >= 0.6 is 24.8 Å². The van der Waals surface area contributed by atoms with Gasteiger partial charge in [0.1, 0.15) is 11.9 Å². The molecule has 0 saturated carbocycles. The highest BCUT2D eigenvalue weighted by Gasteiger charge is 2.37. The molecule has 1 aromatic carbocycles. The predicted octanol–water partition coefficient (Wildman–Crippen LogP) is 2.50. The molecule has 0 aliphatic carbocycles. The Morgan fingerprint density at radius 3 is 2.25 bits per heavy atom. The molecule has 1 N–H and O–H groups in total. The molecule has 5 nitrogen and oxygen atoms in total. The molecule has 0 aromatic heterocycles. The van der Waals surface area contributed by atoms with Crippen LogP contribution in [0.2, 0.25) is 0 Å². The van der Waals surface area contributed by atoms with Crippen LogP contribution in [-0.4, -0.2) is 68.2 Å². The molecular formula is C20H30Cl2FN3O2. The fourth-order valence-electron chi connectivity index (χ4n) is 4.63. The molecule has 3 fully saturated rings. The number of carbonyl (C=O) groups is 1. The molecule has 3 atom stereocenters. The Kier molecular flexibility index (Phi) is 8.96. The van der Waals surface area contributed by atoms with Gasteiger partial charge >= 0.3 is 0 Å². The summed E-state index contributed by atoms with van der Waals surface area (Å²) in [5.74, 6) is 1.09. The van der Waals surface area contributed by atoms with Crippen LogP contribution in [0.15, 0.2) is 24.3 Å². The quantitative estimate of drug-likeness (QED) is 0.794. The maximum absolute atomic E-state index is 14.6. The highest BCUT2D eigenvalue weighted by molar-refractivity contribution is 5.85. The molecule has 3 saturated heterocycles. The largest absolute Gasteiger partial charge is 0.379 e. The number of ether oxygens (including phenoxy) is 1. The highest BCUT2D eigenvalue weighted by atomic mass is 35.5. The summed E-state index contributed by atoms with van der Waals surface area (Å²) in [6.45, 7) is 6.18. The van der Waals surface area contributed by atoms with E-state index in [1.54, 1.807) is 12.1 Å². The maximum Gasteiger partial charge on any atom is 0.244 e. The molecule has 3 aliphatic rings. The third kappa shape index (κ3) is 4.97. The zero-order valence-electron chi connectivity index (χ0n) is 16.0. The van der Waals surface area contributed by atoms with Gasteiger partial charge in [0, 0.05) is 31.7 Å². The lowest BCUT2D eigenvalue weighted by molar-refractivity contribution is -0.139. The predicted molar refractivity (Wildman–Crippen MR) is 112 cm³/mol. The van der Waals surface area contributed by atoms with Gasteiger partial charge in [0.05, 0.1) is 13.2 Å². The molecule has 4 rings (SSSR count). The Bertz CT molecular complexity index is 632. The number of benzene rings is 1. The Morgan fingerprint density at radius 2 is 1.64 bits per heavy atom. The number of rotatable bonds is 3. The first-order valence-electron chi connectivity index (χ1n) is 9.80. The minimum atomic E-state index is -0.545. The summed E-state index contributed by atoms with van der Waals surface area (Å²) in [6.07, 6.45) is 2.08. The van der Waals surface area contributed by atoms with E-state index >= 15 is 0 Å². The molecule has 28 heavy (non-hydrogen) atoms. The van der Waals surface area contributed by atoms with Crippen LogP contribution in [0.4, 0.5) is 4.39 Å². The molecule has 0 radical (unpaired) electrons. The van der Waals surface area contributed by atoms with Crippen molar-refractivity contribution in [2.45, 2.75) is 18.9 Å². The summed E-state index contributed by atoms with van der Waals surface area (Å²) >= 11 is 0. The molecule has 1 amide bonds. The molecule has 1 aromatic rings. The van der Waals surface area contributed by atoms with Gasteiger partial charge in [-0.15, -0.1) is 24.8 Å². The number of carbonyl (C=O) groups excluding carboxylic acids is 1. The summed E-state index contributed by atoms with van der Waals surface area (Å²) in [4.78, 5) is 17.5. The number of halogens is 3. The van der Waals surface area contributed by atoms with Crippen LogP contribution in [0, 0.1) is 17.7 Å². The van der Waals surface area contributed by atoms with Gasteiger partial charge in [0.15, 0.2) is 0 Å². The van der Waals surface area contributed by atoms with Crippen molar-refractivity contribution in [1.29, 1.82) is 0 Å². The lowest BCUT2D eigenvalue weighted by Crippen LogP contribution is -2.47. The number of nitrogens with zero attached hydrogens (tertiary/aromatic N) is 2. The third-order valence-corrected chi connectivity index (χ3v) is 6.18. The molecule has 3 heterocycles. The standard InChI is InChI=1S/C20H28FN3O2.2ClH/c21-18-4-2-1-3-17(18)19(23-9-11-26-12-10-23)20(25)24-7-5-15-13-22-14-16(15)6-8-24;;/h1-4,15-16,19,22H,5-14H2;2*1H/t15-,16+,19?;;. The summed E-state index contributed by atoms with van der Waals surface area (Å²) in [5, 5.41) is 3.47. The lowest BCUT2D eigenvalue weighted by atomic mass is 9.92. The minimum Gasteiger partial charge on any atom is -0.379 e. The Labute approximate surface area is 178 Å². The van der Waals surface area contributed by atoms with Crippen LogP contribution < -0.4 is 5.32 Å². The second-order valence-electron chi connectivity index (χ2n) is 7.65. The van der Waals surface area contributed by atoms with Crippen LogP contribution in [0.1, 0.15) is 24.4 Å². The molecule has 158 valence electrons. The van der Waals surface area contributed by atoms with Crippen molar-refractivity contribution in [2.75, 3.05) is 52.5 Å². The van der Waals surface area contributed by atoms with Crippen LogP contribution in [0.5, 0.6) is 0 Å². The van der Waals surface area contributed by atoms with Crippen molar-refractivity contribution in [2.24, 2.45) is 11.8 Å². The van der Waals surface area contributed by atoms with Crippen molar-refractivity contribution >= 4 is 30.7 Å². The van der Waals surface area contributed by atoms with Gasteiger partial charge in [0.25, 0.3) is 0 Å². The number of morpholine rings is 1. The molecule has 8 heteroatoms. The lowest BCUT2D eigenvalue weighted by Gasteiger charge is -2.36. The van der Waals surface area contributed by atoms with E-state index in [2.05, 4.69) is 10.2 Å². The number of fused-ring (bicyclic) bond motifs is 1. The fourth-order valence-corrected chi connectivity index (χ4v) is 4.63. The van der Waals surface area contributed by atoms with E-state index in [1.165, 1.54) is 6.07 Å². The summed E-state index contributed by atoms with van der Waals surface area (Å²) in [7, 11) is 0. The molecular weight excluding hydrogens is 404 g/mol. The Balaban J connectivity index is 0.00000140. The van der Waals surface area contributed by atoms with E-state index < -0.39 is 6.04 Å². The van der Waals surface area contributed by atoms with E-state index in [4.69, 9.17) is 4.74 Å². The van der Waals surface area contributed by atoms with Gasteiger partial charge in [-0.05, 0) is 43.8 Å². The first kappa shape index (κ1) is 23.4. The number of hydrogen-bond acceptors (Lipinski definition) is 4. The molecule has 3 aliphatic heterocycles. The van der Waals surface area contributed by atoms with Crippen molar-refractivity contribution in [3.63, 3.8) is 0 Å². The topological polar surface area (TPSA) is 44.8 Å². The van der Waals surface area contributed by atoms with Gasteiger partial charge in [-0.2, -0.15) is 0 Å². The fraction of sp³-hybridized carbons (Fsp3) is 0.650. The number of nitrogens with one attached hydrogen (secondary N) is 1. The second-order valence-corrected chi connectivity index (χ2v) is 7.65. The first-order valence-corrected chi connectivity index (χ1v) is 9.80. The maximum atomic E-state index is 14.6. The van der Waals surface area contributed by atoms with E-state index in [0.29, 0.717) is 43.7 Å². The van der Waals surface area contributed by atoms with Crippen molar-refractivity contribution in [1.82, 2.24) is 15.1 Å². The Morgan fingerprint density at radius 1 is 1.04 bits per heavy atom. The average Bonchev–Trinajstić information content (AvgIpc) is 3.02. The number of likely N-dealkylation sites (tertiary alicyclic amines) is 1. The van der Waals surface area contributed by atoms with E-state index in [0.717, 1.165) is 39.0 Å². The average molecular weight is 434 g/mol. The molecule has 0 bridgehead atoms. The first-order chi connectivity index (χ1) is 12.7. The smallest absolute Gasteiger partial charge is 0.244 e. The van der Waals surface area contributed by atoms with E-state index in [1.807, 2.05) is 11.0 Å². The number of hydrogen-bond donors (Lipinski definition) is 1. The molecule has 1 unspecified atom stereocenters. The van der Waals surface area contributed by atoms with Crippen molar-refractivity contribution < 1.29 is 13.9 Å². The van der Waals surface area contributed by atoms with Gasteiger partial charge in [-0.25, -0.2) is 4.39 Å². The minimum absolute atomic E-state index is 0. The second kappa shape index (κ2) is 10.7. The van der Waals surface area contributed by atoms with Crippen molar-refractivity contribution in [3.8, 4) is 0 Å². The van der Waals surface area contributed by atoms with Gasteiger partial charge in [0.2, 0.25) is 5.91 Å². The summed E-state index contributed by atoms with van der Waals surface area (Å²) in [6, 6.07) is 6.16. The van der Waals surface area contributed by atoms with Gasteiger partial charge in [-0.3, -0.25) is 9.69 Å². The monoisotopic (exact) mass is 433 g/mol. The highest BCUT2D eigenvalue weighted by Crippen LogP contribution is 2.31. The van der Waals surface area contributed by atoms with Crippen LogP contribution in [0.3, 0.4) is 0 Å². The normalized spacial score (nSPS) is 26.4. The summed E-state index contributed by atoms with van der Waals surface area (Å²) in [5.41, 5.74) is 0.491. The van der Waals surface area contributed by atoms with Crippen LogP contribution in [0.25, 0.3) is 0 Å². The third-order valence-electron chi connectivity index (χ3n) is 6.18.